The Balaban J connectivity index is 2.12. The molecule has 0 atom stereocenters. The SMILES string of the molecule is CN(C)c1cccc(NCc2c(Cl)cccc2Cl)c1. The molecular weight excluding hydrogens is 279 g/mol. The lowest BCUT2D eigenvalue weighted by atomic mass is 10.2. The predicted octanol–water partition coefficient (Wildman–Crippen LogP) is 4.67. The van der Waals surface area contributed by atoms with E-state index in [0.717, 1.165) is 16.9 Å². The molecule has 100 valence electrons. The topological polar surface area (TPSA) is 15.3 Å². The third-order valence-corrected chi connectivity index (χ3v) is 3.60. The van der Waals surface area contributed by atoms with Gasteiger partial charge in [-0.1, -0.05) is 35.3 Å². The number of rotatable bonds is 4. The van der Waals surface area contributed by atoms with Crippen molar-refractivity contribution in [2.75, 3.05) is 24.3 Å². The molecule has 0 saturated carbocycles. The van der Waals surface area contributed by atoms with Gasteiger partial charge in [0.15, 0.2) is 0 Å². The lowest BCUT2D eigenvalue weighted by Crippen LogP contribution is -2.09. The Hall–Kier alpha value is -1.38. The maximum absolute atomic E-state index is 6.14. The molecule has 2 aromatic carbocycles. The summed E-state index contributed by atoms with van der Waals surface area (Å²) in [4.78, 5) is 2.06. The number of nitrogens with one attached hydrogen (secondary N) is 1. The van der Waals surface area contributed by atoms with Gasteiger partial charge in [-0.3, -0.25) is 0 Å². The van der Waals surface area contributed by atoms with Gasteiger partial charge < -0.3 is 10.2 Å². The van der Waals surface area contributed by atoms with E-state index < -0.39 is 0 Å². The van der Waals surface area contributed by atoms with Crippen LogP contribution in [0.25, 0.3) is 0 Å². The summed E-state index contributed by atoms with van der Waals surface area (Å²) >= 11 is 12.3. The van der Waals surface area contributed by atoms with E-state index >= 15 is 0 Å². The van der Waals surface area contributed by atoms with Crippen molar-refractivity contribution in [2.45, 2.75) is 6.54 Å². The molecule has 0 spiro atoms. The molecule has 2 rings (SSSR count). The number of hydrogen-bond donors (Lipinski definition) is 1. The quantitative estimate of drug-likeness (QED) is 0.881. The van der Waals surface area contributed by atoms with E-state index in [1.54, 1.807) is 0 Å². The van der Waals surface area contributed by atoms with Crippen LogP contribution in [0, 0.1) is 0 Å². The van der Waals surface area contributed by atoms with Crippen molar-refractivity contribution in [3.05, 3.63) is 58.1 Å². The second kappa shape index (κ2) is 6.18. The van der Waals surface area contributed by atoms with Gasteiger partial charge in [-0.05, 0) is 30.3 Å². The van der Waals surface area contributed by atoms with Gasteiger partial charge in [-0.25, -0.2) is 0 Å². The summed E-state index contributed by atoms with van der Waals surface area (Å²) in [5.41, 5.74) is 3.11. The summed E-state index contributed by atoms with van der Waals surface area (Å²) in [5, 5.41) is 4.71. The standard InChI is InChI=1S/C15H16Cl2N2/c1-19(2)12-6-3-5-11(9-12)18-10-13-14(16)7-4-8-15(13)17/h3-9,18H,10H2,1-2H3. The average molecular weight is 295 g/mol. The maximum atomic E-state index is 6.14. The number of benzene rings is 2. The Labute approximate surface area is 123 Å². The van der Waals surface area contributed by atoms with Crippen LogP contribution < -0.4 is 10.2 Å². The van der Waals surface area contributed by atoms with Crippen LogP contribution >= 0.6 is 23.2 Å². The molecule has 2 nitrogen and oxygen atoms in total. The van der Waals surface area contributed by atoms with Crippen molar-refractivity contribution >= 4 is 34.6 Å². The molecule has 0 heterocycles. The van der Waals surface area contributed by atoms with Crippen LogP contribution in [-0.2, 0) is 6.54 Å². The molecule has 0 aromatic heterocycles. The highest BCUT2D eigenvalue weighted by atomic mass is 35.5. The number of hydrogen-bond acceptors (Lipinski definition) is 2. The minimum absolute atomic E-state index is 0.607. The zero-order chi connectivity index (χ0) is 13.8. The molecule has 0 saturated heterocycles. The van der Waals surface area contributed by atoms with Gasteiger partial charge in [0.05, 0.1) is 0 Å². The first-order valence-electron chi connectivity index (χ1n) is 6.02. The first-order valence-corrected chi connectivity index (χ1v) is 6.77. The highest BCUT2D eigenvalue weighted by Gasteiger charge is 2.05. The van der Waals surface area contributed by atoms with Crippen LogP contribution in [0.4, 0.5) is 11.4 Å². The van der Waals surface area contributed by atoms with E-state index in [1.807, 2.05) is 44.4 Å². The fourth-order valence-corrected chi connectivity index (χ4v) is 2.32. The summed E-state index contributed by atoms with van der Waals surface area (Å²) in [7, 11) is 4.04. The zero-order valence-corrected chi connectivity index (χ0v) is 12.5. The molecule has 0 aliphatic rings. The number of nitrogens with zero attached hydrogens (tertiary/aromatic N) is 1. The van der Waals surface area contributed by atoms with Crippen molar-refractivity contribution < 1.29 is 0 Å². The average Bonchev–Trinajstić information content (AvgIpc) is 2.38. The molecule has 1 N–H and O–H groups in total. The monoisotopic (exact) mass is 294 g/mol. The second-order valence-electron chi connectivity index (χ2n) is 4.50. The summed E-state index contributed by atoms with van der Waals surface area (Å²) < 4.78 is 0. The molecule has 4 heteroatoms. The maximum Gasteiger partial charge on any atom is 0.0470 e. The van der Waals surface area contributed by atoms with Gasteiger partial charge in [0, 0.05) is 47.6 Å². The van der Waals surface area contributed by atoms with Crippen molar-refractivity contribution in [1.29, 1.82) is 0 Å². The van der Waals surface area contributed by atoms with E-state index in [1.165, 1.54) is 0 Å². The largest absolute Gasteiger partial charge is 0.381 e. The fourth-order valence-electron chi connectivity index (χ4n) is 1.79. The molecular formula is C15H16Cl2N2. The van der Waals surface area contributed by atoms with E-state index in [-0.39, 0.29) is 0 Å². The lowest BCUT2D eigenvalue weighted by Gasteiger charge is -2.15. The Morgan fingerprint density at radius 2 is 1.63 bits per heavy atom. The number of halogens is 2. The molecule has 0 bridgehead atoms. The van der Waals surface area contributed by atoms with E-state index in [2.05, 4.69) is 22.3 Å². The van der Waals surface area contributed by atoms with Gasteiger partial charge in [0.2, 0.25) is 0 Å². The summed E-state index contributed by atoms with van der Waals surface area (Å²) in [5.74, 6) is 0. The molecule has 19 heavy (non-hydrogen) atoms. The Kier molecular flexibility index (Phi) is 4.56. The van der Waals surface area contributed by atoms with Crippen molar-refractivity contribution in [3.63, 3.8) is 0 Å². The molecule has 2 aromatic rings. The molecule has 0 amide bonds. The van der Waals surface area contributed by atoms with Crippen LogP contribution in [-0.4, -0.2) is 14.1 Å². The predicted molar refractivity (Wildman–Crippen MR) is 84.6 cm³/mol. The smallest absolute Gasteiger partial charge is 0.0470 e. The fraction of sp³-hybridized carbons (Fsp3) is 0.200. The van der Waals surface area contributed by atoms with E-state index in [4.69, 9.17) is 23.2 Å². The van der Waals surface area contributed by atoms with E-state index in [0.29, 0.717) is 16.6 Å². The van der Waals surface area contributed by atoms with Crippen LogP contribution in [0.2, 0.25) is 10.0 Å². The Morgan fingerprint density at radius 1 is 1.00 bits per heavy atom. The molecule has 0 aliphatic heterocycles. The second-order valence-corrected chi connectivity index (χ2v) is 5.31. The number of anilines is 2. The summed E-state index contributed by atoms with van der Waals surface area (Å²) in [6.45, 7) is 0.607. The van der Waals surface area contributed by atoms with Crippen molar-refractivity contribution in [2.24, 2.45) is 0 Å². The van der Waals surface area contributed by atoms with E-state index in [9.17, 15) is 0 Å². The molecule has 0 unspecified atom stereocenters. The Morgan fingerprint density at radius 3 is 2.26 bits per heavy atom. The van der Waals surface area contributed by atoms with Gasteiger partial charge in [-0.15, -0.1) is 0 Å². The van der Waals surface area contributed by atoms with Gasteiger partial charge in [0.25, 0.3) is 0 Å². The molecule has 0 aliphatic carbocycles. The zero-order valence-electron chi connectivity index (χ0n) is 11.0. The van der Waals surface area contributed by atoms with Crippen LogP contribution in [0.1, 0.15) is 5.56 Å². The normalized spacial score (nSPS) is 10.3. The third-order valence-electron chi connectivity index (χ3n) is 2.89. The van der Waals surface area contributed by atoms with Crippen molar-refractivity contribution in [1.82, 2.24) is 0 Å². The minimum Gasteiger partial charge on any atom is -0.381 e. The minimum atomic E-state index is 0.607. The molecule has 0 radical (unpaired) electrons. The Bertz CT molecular complexity index is 548. The third kappa shape index (κ3) is 3.55. The van der Waals surface area contributed by atoms with Crippen LogP contribution in [0.3, 0.4) is 0 Å². The van der Waals surface area contributed by atoms with Crippen LogP contribution in [0.5, 0.6) is 0 Å². The first kappa shape index (κ1) is 14.0. The summed E-state index contributed by atoms with van der Waals surface area (Å²) in [6, 6.07) is 13.7. The van der Waals surface area contributed by atoms with Crippen LogP contribution in [0.15, 0.2) is 42.5 Å². The van der Waals surface area contributed by atoms with Crippen molar-refractivity contribution in [3.8, 4) is 0 Å². The highest BCUT2D eigenvalue weighted by Crippen LogP contribution is 2.25. The van der Waals surface area contributed by atoms with Gasteiger partial charge >= 0.3 is 0 Å². The lowest BCUT2D eigenvalue weighted by molar-refractivity contribution is 1.12. The highest BCUT2D eigenvalue weighted by molar-refractivity contribution is 6.36. The first-order chi connectivity index (χ1) is 9.08. The van der Waals surface area contributed by atoms with Gasteiger partial charge in [-0.2, -0.15) is 0 Å². The van der Waals surface area contributed by atoms with Gasteiger partial charge in [0.1, 0.15) is 0 Å². The molecule has 0 fully saturated rings. The summed E-state index contributed by atoms with van der Waals surface area (Å²) in [6.07, 6.45) is 0.